The molecule has 1 amide bonds. The number of hydrogen-bond donors (Lipinski definition) is 1. The molecule has 25 heavy (non-hydrogen) atoms. The van der Waals surface area contributed by atoms with E-state index in [4.69, 9.17) is 5.73 Å². The van der Waals surface area contributed by atoms with Crippen LogP contribution in [0.5, 0.6) is 0 Å². The second-order valence-electron chi connectivity index (χ2n) is 7.42. The molecule has 1 saturated carbocycles. The zero-order chi connectivity index (χ0) is 17.4. The highest BCUT2D eigenvalue weighted by Crippen LogP contribution is 2.30. The topological polar surface area (TPSA) is 64.2 Å². The van der Waals surface area contributed by atoms with Crippen LogP contribution >= 0.6 is 0 Å². The molecule has 2 fully saturated rings. The Kier molecular flexibility index (Phi) is 4.46. The first-order valence-electron chi connectivity index (χ1n) is 9.34. The van der Waals surface area contributed by atoms with Gasteiger partial charge in [-0.2, -0.15) is 5.10 Å². The molecule has 6 heteroatoms. The Morgan fingerprint density at radius 3 is 2.48 bits per heavy atom. The highest BCUT2D eigenvalue weighted by atomic mass is 19.1. The van der Waals surface area contributed by atoms with E-state index in [1.54, 1.807) is 0 Å². The summed E-state index contributed by atoms with van der Waals surface area (Å²) in [6.07, 6.45) is 10.7. The maximum absolute atomic E-state index is 13.7. The van der Waals surface area contributed by atoms with Gasteiger partial charge in [-0.05, 0) is 37.8 Å². The van der Waals surface area contributed by atoms with Crippen LogP contribution in [0.3, 0.4) is 0 Å². The van der Waals surface area contributed by atoms with Crippen molar-refractivity contribution in [2.24, 2.45) is 5.73 Å². The van der Waals surface area contributed by atoms with E-state index in [0.717, 1.165) is 32.0 Å². The molecule has 1 aromatic carbocycles. The Morgan fingerprint density at radius 1 is 1.08 bits per heavy atom. The van der Waals surface area contributed by atoms with Crippen LogP contribution in [0.1, 0.15) is 61.3 Å². The summed E-state index contributed by atoms with van der Waals surface area (Å²) >= 11 is 0. The van der Waals surface area contributed by atoms with Gasteiger partial charge in [-0.15, -0.1) is 0 Å². The van der Waals surface area contributed by atoms with Crippen molar-refractivity contribution in [2.45, 2.75) is 57.0 Å². The Labute approximate surface area is 147 Å². The summed E-state index contributed by atoms with van der Waals surface area (Å²) in [7, 11) is 0. The van der Waals surface area contributed by atoms with E-state index in [1.165, 1.54) is 44.2 Å². The SMILES string of the molecule is NC(=O)c1cc(F)cc2cn(C3CCN(C4CCCCC4)CC3)nc12. The molecule has 1 aliphatic carbocycles. The molecule has 1 saturated heterocycles. The Morgan fingerprint density at radius 2 is 1.80 bits per heavy atom. The second-order valence-corrected chi connectivity index (χ2v) is 7.42. The van der Waals surface area contributed by atoms with Gasteiger partial charge in [0.25, 0.3) is 5.91 Å². The predicted molar refractivity (Wildman–Crippen MR) is 94.9 cm³/mol. The van der Waals surface area contributed by atoms with E-state index in [1.807, 2.05) is 10.9 Å². The molecule has 2 aliphatic rings. The van der Waals surface area contributed by atoms with Crippen molar-refractivity contribution in [3.05, 3.63) is 29.7 Å². The maximum atomic E-state index is 13.7. The predicted octanol–water partition coefficient (Wildman–Crippen LogP) is 3.24. The number of nitrogens with two attached hydrogens (primary N) is 1. The fourth-order valence-corrected chi connectivity index (χ4v) is 4.45. The average molecular weight is 344 g/mol. The van der Waals surface area contributed by atoms with E-state index in [9.17, 15) is 9.18 Å². The first-order chi connectivity index (χ1) is 12.1. The molecule has 4 rings (SSSR count). The molecular weight excluding hydrogens is 319 g/mol. The summed E-state index contributed by atoms with van der Waals surface area (Å²) in [6, 6.07) is 3.65. The number of likely N-dealkylation sites (tertiary alicyclic amines) is 1. The van der Waals surface area contributed by atoms with E-state index in [0.29, 0.717) is 16.9 Å². The van der Waals surface area contributed by atoms with Gasteiger partial charge >= 0.3 is 0 Å². The Balaban J connectivity index is 1.51. The zero-order valence-electron chi connectivity index (χ0n) is 14.5. The van der Waals surface area contributed by atoms with Gasteiger partial charge in [-0.3, -0.25) is 9.48 Å². The van der Waals surface area contributed by atoms with Crippen LogP contribution in [-0.4, -0.2) is 39.7 Å². The highest BCUT2D eigenvalue weighted by Gasteiger charge is 2.27. The summed E-state index contributed by atoms with van der Waals surface area (Å²) in [6.45, 7) is 2.17. The summed E-state index contributed by atoms with van der Waals surface area (Å²) in [5.74, 6) is -1.09. The normalized spacial score (nSPS) is 21.0. The number of halogens is 1. The summed E-state index contributed by atoms with van der Waals surface area (Å²) in [5.41, 5.74) is 6.04. The first-order valence-corrected chi connectivity index (χ1v) is 9.34. The lowest BCUT2D eigenvalue weighted by molar-refractivity contribution is 0.100. The van der Waals surface area contributed by atoms with Crippen molar-refractivity contribution in [1.29, 1.82) is 0 Å². The number of nitrogens with zero attached hydrogens (tertiary/aromatic N) is 3. The molecule has 0 unspecified atom stereocenters. The molecule has 2 N–H and O–H groups in total. The minimum absolute atomic E-state index is 0.161. The Hall–Kier alpha value is -1.95. The lowest BCUT2D eigenvalue weighted by Gasteiger charge is -2.39. The van der Waals surface area contributed by atoms with Gasteiger partial charge in [0.15, 0.2) is 0 Å². The molecule has 0 atom stereocenters. The first kappa shape index (κ1) is 16.5. The monoisotopic (exact) mass is 344 g/mol. The molecule has 1 aromatic heterocycles. The van der Waals surface area contributed by atoms with Crippen molar-refractivity contribution >= 4 is 16.8 Å². The van der Waals surface area contributed by atoms with Gasteiger partial charge in [0.2, 0.25) is 0 Å². The van der Waals surface area contributed by atoms with Gasteiger partial charge in [-0.1, -0.05) is 19.3 Å². The van der Waals surface area contributed by atoms with Crippen LogP contribution in [0, 0.1) is 5.82 Å². The van der Waals surface area contributed by atoms with Gasteiger partial charge in [0, 0.05) is 30.7 Å². The van der Waals surface area contributed by atoms with Gasteiger partial charge in [-0.25, -0.2) is 4.39 Å². The third-order valence-electron chi connectivity index (χ3n) is 5.82. The number of carbonyl (C=O) groups is 1. The molecule has 1 aliphatic heterocycles. The standard InChI is InChI=1S/C19H25FN4O/c20-14-10-13-12-24(22-18(13)17(11-14)19(21)25)16-6-8-23(9-7-16)15-4-2-1-3-5-15/h10-12,15-16H,1-9H2,(H2,21,25). The highest BCUT2D eigenvalue weighted by molar-refractivity contribution is 6.04. The molecule has 2 aromatic rings. The smallest absolute Gasteiger partial charge is 0.251 e. The quantitative estimate of drug-likeness (QED) is 0.930. The van der Waals surface area contributed by atoms with Crippen molar-refractivity contribution in [3.8, 4) is 0 Å². The number of carbonyl (C=O) groups excluding carboxylic acids is 1. The second kappa shape index (κ2) is 6.75. The van der Waals surface area contributed by atoms with Crippen LogP contribution in [0.4, 0.5) is 4.39 Å². The van der Waals surface area contributed by atoms with Crippen molar-refractivity contribution < 1.29 is 9.18 Å². The minimum Gasteiger partial charge on any atom is -0.366 e. The number of amides is 1. The van der Waals surface area contributed by atoms with Gasteiger partial charge in [0.05, 0.1) is 11.6 Å². The lowest BCUT2D eigenvalue weighted by Crippen LogP contribution is -2.42. The molecule has 0 bridgehead atoms. The van der Waals surface area contributed by atoms with Crippen molar-refractivity contribution in [3.63, 3.8) is 0 Å². The number of hydrogen-bond acceptors (Lipinski definition) is 3. The third-order valence-corrected chi connectivity index (χ3v) is 5.82. The number of primary amides is 1. The molecular formula is C19H25FN4O. The van der Waals surface area contributed by atoms with Crippen LogP contribution in [0.15, 0.2) is 18.3 Å². The number of rotatable bonds is 3. The summed E-state index contributed by atoms with van der Waals surface area (Å²) in [4.78, 5) is 14.2. The average Bonchev–Trinajstić information content (AvgIpc) is 3.05. The number of benzene rings is 1. The molecule has 0 spiro atoms. The summed E-state index contributed by atoms with van der Waals surface area (Å²) < 4.78 is 15.6. The number of aromatic nitrogens is 2. The Bertz CT molecular complexity index is 773. The van der Waals surface area contributed by atoms with Gasteiger partial charge in [0.1, 0.15) is 11.3 Å². The molecule has 5 nitrogen and oxygen atoms in total. The molecule has 2 heterocycles. The largest absolute Gasteiger partial charge is 0.366 e. The molecule has 0 radical (unpaired) electrons. The lowest BCUT2D eigenvalue weighted by atomic mass is 9.92. The number of piperidine rings is 1. The van der Waals surface area contributed by atoms with Crippen molar-refractivity contribution in [2.75, 3.05) is 13.1 Å². The van der Waals surface area contributed by atoms with Crippen LogP contribution in [0.2, 0.25) is 0 Å². The zero-order valence-corrected chi connectivity index (χ0v) is 14.5. The maximum Gasteiger partial charge on any atom is 0.251 e. The fraction of sp³-hybridized carbons (Fsp3) is 0.579. The summed E-state index contributed by atoms with van der Waals surface area (Å²) in [5, 5.41) is 5.21. The van der Waals surface area contributed by atoms with E-state index in [-0.39, 0.29) is 5.56 Å². The number of fused-ring (bicyclic) bond motifs is 1. The van der Waals surface area contributed by atoms with E-state index < -0.39 is 11.7 Å². The van der Waals surface area contributed by atoms with Crippen LogP contribution in [-0.2, 0) is 0 Å². The van der Waals surface area contributed by atoms with Crippen LogP contribution < -0.4 is 5.73 Å². The van der Waals surface area contributed by atoms with Crippen LogP contribution in [0.25, 0.3) is 10.9 Å². The van der Waals surface area contributed by atoms with E-state index in [2.05, 4.69) is 10.00 Å². The van der Waals surface area contributed by atoms with E-state index >= 15 is 0 Å². The minimum atomic E-state index is -0.637. The van der Waals surface area contributed by atoms with Gasteiger partial charge < -0.3 is 10.6 Å². The van der Waals surface area contributed by atoms with Crippen molar-refractivity contribution in [1.82, 2.24) is 14.7 Å². The molecule has 134 valence electrons. The fourth-order valence-electron chi connectivity index (χ4n) is 4.45. The third kappa shape index (κ3) is 3.27.